The molecule has 0 spiro atoms. The smallest absolute Gasteiger partial charge is 0.253 e. The molecule has 1 aliphatic rings. The summed E-state index contributed by atoms with van der Waals surface area (Å²) in [6.07, 6.45) is 3.71. The average Bonchev–Trinajstić information content (AvgIpc) is 2.68. The van der Waals surface area contributed by atoms with Gasteiger partial charge in [-0.15, -0.1) is 0 Å². The summed E-state index contributed by atoms with van der Waals surface area (Å²) in [7, 11) is 0. The molecule has 126 valence electrons. The van der Waals surface area contributed by atoms with E-state index in [2.05, 4.69) is 22.9 Å². The normalized spacial score (nSPS) is 16.8. The Morgan fingerprint density at radius 1 is 1.17 bits per heavy atom. The van der Waals surface area contributed by atoms with E-state index in [1.54, 1.807) is 6.20 Å². The maximum absolute atomic E-state index is 12.6. The van der Waals surface area contributed by atoms with Crippen LogP contribution < -0.4 is 5.73 Å². The third-order valence-corrected chi connectivity index (χ3v) is 4.75. The average molecular weight is 324 g/mol. The third-order valence-electron chi connectivity index (χ3n) is 4.75. The topological polar surface area (TPSA) is 62.5 Å². The van der Waals surface area contributed by atoms with E-state index >= 15 is 0 Å². The molecule has 1 aliphatic heterocycles. The van der Waals surface area contributed by atoms with Gasteiger partial charge in [0.25, 0.3) is 5.91 Å². The van der Waals surface area contributed by atoms with Gasteiger partial charge in [-0.1, -0.05) is 18.2 Å². The van der Waals surface area contributed by atoms with E-state index in [1.165, 1.54) is 5.56 Å². The van der Waals surface area contributed by atoms with Crippen LogP contribution in [0.1, 0.15) is 34.5 Å². The summed E-state index contributed by atoms with van der Waals surface area (Å²) >= 11 is 0. The number of carbonyl (C=O) groups is 1. The Bertz CT molecular complexity index is 664. The van der Waals surface area contributed by atoms with E-state index in [0.29, 0.717) is 12.6 Å². The molecular formula is C19H24N4O. The summed E-state index contributed by atoms with van der Waals surface area (Å²) in [5.41, 5.74) is 8.60. The highest BCUT2D eigenvalue weighted by atomic mass is 16.2. The zero-order valence-corrected chi connectivity index (χ0v) is 14.1. The van der Waals surface area contributed by atoms with Crippen molar-refractivity contribution < 1.29 is 4.79 Å². The number of benzene rings is 1. The molecule has 5 heteroatoms. The van der Waals surface area contributed by atoms with Crippen molar-refractivity contribution in [1.29, 1.82) is 0 Å². The molecule has 1 fully saturated rings. The van der Waals surface area contributed by atoms with Crippen LogP contribution in [0.3, 0.4) is 0 Å². The number of carbonyl (C=O) groups excluding carboxylic acids is 1. The number of aromatic nitrogens is 1. The van der Waals surface area contributed by atoms with Crippen molar-refractivity contribution in [3.05, 3.63) is 65.5 Å². The highest BCUT2D eigenvalue weighted by Gasteiger charge is 2.25. The molecule has 0 radical (unpaired) electrons. The summed E-state index contributed by atoms with van der Waals surface area (Å²) in [5, 5.41) is 0. The van der Waals surface area contributed by atoms with E-state index < -0.39 is 0 Å². The number of piperazine rings is 1. The highest BCUT2D eigenvalue weighted by molar-refractivity contribution is 5.94. The van der Waals surface area contributed by atoms with E-state index in [4.69, 9.17) is 5.73 Å². The summed E-state index contributed by atoms with van der Waals surface area (Å²) in [6, 6.07) is 12.0. The molecular weight excluding hydrogens is 300 g/mol. The molecule has 3 rings (SSSR count). The summed E-state index contributed by atoms with van der Waals surface area (Å²) in [6.45, 7) is 5.95. The number of nitrogens with zero attached hydrogens (tertiary/aromatic N) is 3. The Hall–Kier alpha value is -2.24. The lowest BCUT2D eigenvalue weighted by molar-refractivity contribution is 0.0582. The van der Waals surface area contributed by atoms with Gasteiger partial charge in [-0.2, -0.15) is 0 Å². The minimum absolute atomic E-state index is 0.104. The molecule has 1 aromatic heterocycles. The number of rotatable bonds is 4. The maximum Gasteiger partial charge on any atom is 0.253 e. The van der Waals surface area contributed by atoms with Crippen LogP contribution in [0.5, 0.6) is 0 Å². The molecule has 0 saturated carbocycles. The highest BCUT2D eigenvalue weighted by Crippen LogP contribution is 2.21. The van der Waals surface area contributed by atoms with E-state index in [9.17, 15) is 4.79 Å². The van der Waals surface area contributed by atoms with Gasteiger partial charge in [-0.3, -0.25) is 14.7 Å². The minimum Gasteiger partial charge on any atom is -0.336 e. The molecule has 2 N–H and O–H groups in total. The molecule has 1 amide bonds. The van der Waals surface area contributed by atoms with Crippen molar-refractivity contribution in [2.45, 2.75) is 19.5 Å². The van der Waals surface area contributed by atoms with Gasteiger partial charge in [0.05, 0.1) is 0 Å². The van der Waals surface area contributed by atoms with Gasteiger partial charge in [0.15, 0.2) is 0 Å². The largest absolute Gasteiger partial charge is 0.336 e. The summed E-state index contributed by atoms with van der Waals surface area (Å²) in [4.78, 5) is 21.1. The van der Waals surface area contributed by atoms with Crippen molar-refractivity contribution in [3.63, 3.8) is 0 Å². The van der Waals surface area contributed by atoms with Crippen LogP contribution in [-0.2, 0) is 6.54 Å². The lowest BCUT2D eigenvalue weighted by atomic mass is 10.1. The first-order chi connectivity index (χ1) is 11.7. The summed E-state index contributed by atoms with van der Waals surface area (Å²) < 4.78 is 0. The number of hydrogen-bond donors (Lipinski definition) is 1. The second-order valence-corrected chi connectivity index (χ2v) is 6.19. The summed E-state index contributed by atoms with van der Waals surface area (Å²) in [5.74, 6) is 0.104. The van der Waals surface area contributed by atoms with Crippen LogP contribution in [0.4, 0.5) is 0 Å². The molecule has 0 bridgehead atoms. The van der Waals surface area contributed by atoms with Crippen LogP contribution in [0.2, 0.25) is 0 Å². The molecule has 0 aliphatic carbocycles. The third kappa shape index (κ3) is 3.63. The first-order valence-corrected chi connectivity index (χ1v) is 8.41. The molecule has 5 nitrogen and oxygen atoms in total. The fourth-order valence-electron chi connectivity index (χ4n) is 3.11. The van der Waals surface area contributed by atoms with Crippen LogP contribution in [0.25, 0.3) is 0 Å². The fraction of sp³-hybridized carbons (Fsp3) is 0.368. The van der Waals surface area contributed by atoms with Gasteiger partial charge in [0.1, 0.15) is 0 Å². The number of nitrogens with two attached hydrogens (primary N) is 1. The molecule has 1 saturated heterocycles. The molecule has 2 aromatic rings. The Morgan fingerprint density at radius 3 is 2.46 bits per heavy atom. The fourth-order valence-corrected chi connectivity index (χ4v) is 3.11. The quantitative estimate of drug-likeness (QED) is 0.935. The molecule has 1 unspecified atom stereocenters. The van der Waals surface area contributed by atoms with Gasteiger partial charge in [0, 0.05) is 56.7 Å². The van der Waals surface area contributed by atoms with Gasteiger partial charge in [-0.05, 0) is 36.2 Å². The molecule has 1 aromatic carbocycles. The SMILES string of the molecule is CC(c1cccnc1)N1CCN(C(=O)c2ccc(CN)cc2)CC1. The van der Waals surface area contributed by atoms with Crippen LogP contribution >= 0.6 is 0 Å². The molecule has 2 heterocycles. The molecule has 24 heavy (non-hydrogen) atoms. The van der Waals surface area contributed by atoms with Crippen molar-refractivity contribution in [3.8, 4) is 0 Å². The van der Waals surface area contributed by atoms with Gasteiger partial charge in [0.2, 0.25) is 0 Å². The van der Waals surface area contributed by atoms with Crippen LogP contribution in [0.15, 0.2) is 48.8 Å². The van der Waals surface area contributed by atoms with Crippen LogP contribution in [0, 0.1) is 0 Å². The number of amides is 1. The standard InChI is InChI=1S/C19H24N4O/c1-15(18-3-2-8-21-14-18)22-9-11-23(12-10-22)19(24)17-6-4-16(13-20)5-7-17/h2-8,14-15H,9-13,20H2,1H3. The Morgan fingerprint density at radius 2 is 1.88 bits per heavy atom. The van der Waals surface area contributed by atoms with Gasteiger partial charge < -0.3 is 10.6 Å². The van der Waals surface area contributed by atoms with E-state index in [1.807, 2.05) is 41.4 Å². The monoisotopic (exact) mass is 324 g/mol. The molecule has 1 atom stereocenters. The first kappa shape index (κ1) is 16.6. The zero-order chi connectivity index (χ0) is 16.9. The van der Waals surface area contributed by atoms with Gasteiger partial charge in [-0.25, -0.2) is 0 Å². The van der Waals surface area contributed by atoms with Crippen LogP contribution in [-0.4, -0.2) is 46.9 Å². The Balaban J connectivity index is 1.59. The second-order valence-electron chi connectivity index (χ2n) is 6.19. The lowest BCUT2D eigenvalue weighted by Gasteiger charge is -2.38. The second kappa shape index (κ2) is 7.55. The maximum atomic E-state index is 12.6. The van der Waals surface area contributed by atoms with Crippen molar-refractivity contribution in [1.82, 2.24) is 14.8 Å². The Kier molecular flexibility index (Phi) is 5.23. The number of pyridine rings is 1. The van der Waals surface area contributed by atoms with Crippen molar-refractivity contribution >= 4 is 5.91 Å². The lowest BCUT2D eigenvalue weighted by Crippen LogP contribution is -2.49. The predicted octanol–water partition coefficient (Wildman–Crippen LogP) is 2.06. The van der Waals surface area contributed by atoms with Gasteiger partial charge >= 0.3 is 0 Å². The number of hydrogen-bond acceptors (Lipinski definition) is 4. The predicted molar refractivity (Wildman–Crippen MR) is 94.5 cm³/mol. The van der Waals surface area contributed by atoms with Crippen molar-refractivity contribution in [2.24, 2.45) is 5.73 Å². The van der Waals surface area contributed by atoms with E-state index in [-0.39, 0.29) is 5.91 Å². The minimum atomic E-state index is 0.104. The first-order valence-electron chi connectivity index (χ1n) is 8.41. The zero-order valence-electron chi connectivity index (χ0n) is 14.1. The van der Waals surface area contributed by atoms with E-state index in [0.717, 1.165) is 37.3 Å². The van der Waals surface area contributed by atoms with Crippen molar-refractivity contribution in [2.75, 3.05) is 26.2 Å². The Labute approximate surface area is 143 Å².